The first-order valence-electron chi connectivity index (χ1n) is 11.1. The minimum Gasteiger partial charge on any atom is -0.475 e. The molecular weight excluding hydrogens is 522 g/mol. The summed E-state index contributed by atoms with van der Waals surface area (Å²) in [6, 6.07) is 0.580. The highest BCUT2D eigenvalue weighted by atomic mass is 32.1. The first-order valence-corrected chi connectivity index (χ1v) is 11.9. The number of carbonyl (C=O) groups is 2. The van der Waals surface area contributed by atoms with Gasteiger partial charge in [-0.3, -0.25) is 9.80 Å². The van der Waals surface area contributed by atoms with E-state index in [1.807, 2.05) is 6.20 Å². The van der Waals surface area contributed by atoms with Gasteiger partial charge in [-0.25, -0.2) is 14.6 Å². The van der Waals surface area contributed by atoms with E-state index in [-0.39, 0.29) is 0 Å². The number of hydrogen-bond donors (Lipinski definition) is 2. The van der Waals surface area contributed by atoms with Gasteiger partial charge in [0.1, 0.15) is 5.01 Å². The van der Waals surface area contributed by atoms with E-state index in [1.165, 1.54) is 44.0 Å². The van der Waals surface area contributed by atoms with Crippen molar-refractivity contribution >= 4 is 23.3 Å². The van der Waals surface area contributed by atoms with Crippen LogP contribution in [0.5, 0.6) is 0 Å². The predicted octanol–water partition coefficient (Wildman–Crippen LogP) is 2.39. The van der Waals surface area contributed by atoms with E-state index in [2.05, 4.69) is 25.1 Å². The summed E-state index contributed by atoms with van der Waals surface area (Å²) in [6.07, 6.45) is -5.09. The van der Waals surface area contributed by atoms with Crippen LogP contribution in [0.15, 0.2) is 11.6 Å². The Morgan fingerprint density at radius 2 is 1.56 bits per heavy atom. The second kappa shape index (κ2) is 13.5. The first kappa shape index (κ1) is 30.2. The number of likely N-dealkylation sites (tertiary alicyclic amines) is 2. The Labute approximate surface area is 207 Å². The molecule has 0 saturated carbocycles. The molecule has 0 spiro atoms. The van der Waals surface area contributed by atoms with Crippen LogP contribution in [0.25, 0.3) is 0 Å². The average molecular weight is 551 g/mol. The third-order valence-corrected chi connectivity index (χ3v) is 6.49. The molecule has 0 amide bonds. The van der Waals surface area contributed by atoms with E-state index in [4.69, 9.17) is 24.5 Å². The van der Waals surface area contributed by atoms with Crippen molar-refractivity contribution in [2.75, 3.05) is 52.4 Å². The molecule has 1 aromatic rings. The summed E-state index contributed by atoms with van der Waals surface area (Å²) in [4.78, 5) is 30.0. The highest BCUT2D eigenvalue weighted by Gasteiger charge is 2.40. The Balaban J connectivity index is 0.000000271. The van der Waals surface area contributed by atoms with Crippen molar-refractivity contribution in [2.45, 2.75) is 43.9 Å². The fourth-order valence-corrected chi connectivity index (χ4v) is 4.70. The molecule has 4 rings (SSSR count). The topological polar surface area (TPSA) is 106 Å². The van der Waals surface area contributed by atoms with Crippen LogP contribution in [0.1, 0.15) is 17.8 Å². The monoisotopic (exact) mass is 550 g/mol. The molecule has 0 bridgehead atoms. The van der Waals surface area contributed by atoms with Crippen molar-refractivity contribution in [3.8, 4) is 0 Å². The molecule has 0 aromatic carbocycles. The van der Waals surface area contributed by atoms with Gasteiger partial charge >= 0.3 is 24.3 Å². The van der Waals surface area contributed by atoms with E-state index in [0.717, 1.165) is 32.8 Å². The van der Waals surface area contributed by atoms with Crippen LogP contribution < -0.4 is 0 Å². The zero-order valence-corrected chi connectivity index (χ0v) is 20.0. The minimum atomic E-state index is -5.08. The van der Waals surface area contributed by atoms with Crippen LogP contribution in [0.3, 0.4) is 0 Å². The maximum absolute atomic E-state index is 10.6. The van der Waals surface area contributed by atoms with Crippen molar-refractivity contribution in [2.24, 2.45) is 0 Å². The fraction of sp³-hybridized carbons (Fsp3) is 0.750. The number of nitrogens with zero attached hydrogens (tertiary/aromatic N) is 4. The van der Waals surface area contributed by atoms with Crippen LogP contribution in [-0.2, 0) is 20.9 Å². The molecule has 9 nitrogen and oxygen atoms in total. The summed E-state index contributed by atoms with van der Waals surface area (Å²) in [6.45, 7) is 10.2. The van der Waals surface area contributed by atoms with Gasteiger partial charge in [-0.1, -0.05) is 0 Å². The van der Waals surface area contributed by atoms with Crippen LogP contribution in [0.4, 0.5) is 26.3 Å². The van der Waals surface area contributed by atoms with Gasteiger partial charge in [-0.2, -0.15) is 26.3 Å². The van der Waals surface area contributed by atoms with Gasteiger partial charge in [0, 0.05) is 50.3 Å². The highest BCUT2D eigenvalue weighted by molar-refractivity contribution is 7.09. The molecule has 3 aliphatic heterocycles. The Kier molecular flexibility index (Phi) is 11.3. The molecule has 16 heteroatoms. The lowest BCUT2D eigenvalue weighted by atomic mass is 10.1. The Bertz CT molecular complexity index is 797. The van der Waals surface area contributed by atoms with Crippen molar-refractivity contribution in [1.29, 1.82) is 0 Å². The number of rotatable bonds is 5. The molecule has 206 valence electrons. The molecule has 1 aromatic heterocycles. The molecule has 2 N–H and O–H groups in total. The number of halogens is 6. The standard InChI is InChI=1S/C16H26N4OS.2C2HF3O2/c1-2-5-18(4-1)6-7-20-8-9-21-15-12-19(11-14(15)20)13-16-17-3-10-22-16;2*3-2(4,5)1(6)7/h3,10,14-15H,1-2,4-9,11-13H2;2*(H,6,7)/t14-,15+;;/m1../s1. The average Bonchev–Trinajstić information content (AvgIpc) is 3.54. The largest absolute Gasteiger partial charge is 0.490 e. The second-order valence-electron chi connectivity index (χ2n) is 8.29. The second-order valence-corrected chi connectivity index (χ2v) is 9.27. The fourth-order valence-electron chi connectivity index (χ4n) is 4.04. The van der Waals surface area contributed by atoms with Crippen LogP contribution in [0, 0.1) is 0 Å². The molecule has 0 radical (unpaired) electrons. The zero-order chi connectivity index (χ0) is 26.9. The summed E-state index contributed by atoms with van der Waals surface area (Å²) in [7, 11) is 0. The van der Waals surface area contributed by atoms with Gasteiger partial charge in [-0.05, 0) is 25.9 Å². The predicted molar refractivity (Wildman–Crippen MR) is 116 cm³/mol. The normalized spacial score (nSPS) is 23.3. The van der Waals surface area contributed by atoms with Crippen LogP contribution >= 0.6 is 11.3 Å². The van der Waals surface area contributed by atoms with Crippen molar-refractivity contribution < 1.29 is 50.9 Å². The number of morpholine rings is 1. The Morgan fingerprint density at radius 1 is 0.972 bits per heavy atom. The molecule has 4 heterocycles. The van der Waals surface area contributed by atoms with Crippen LogP contribution in [-0.4, -0.2) is 119 Å². The lowest BCUT2D eigenvalue weighted by Gasteiger charge is -2.37. The molecule has 3 fully saturated rings. The summed E-state index contributed by atoms with van der Waals surface area (Å²) in [5.74, 6) is -5.51. The van der Waals surface area contributed by atoms with Crippen molar-refractivity contribution in [1.82, 2.24) is 19.7 Å². The number of ether oxygens (including phenoxy) is 1. The van der Waals surface area contributed by atoms with E-state index in [1.54, 1.807) is 11.3 Å². The zero-order valence-electron chi connectivity index (χ0n) is 19.2. The number of alkyl halides is 6. The molecule has 3 aliphatic rings. The Hall–Kier alpha value is -2.01. The van der Waals surface area contributed by atoms with Gasteiger partial charge < -0.3 is 19.8 Å². The maximum Gasteiger partial charge on any atom is 0.490 e. The molecule has 3 saturated heterocycles. The molecule has 36 heavy (non-hydrogen) atoms. The quantitative estimate of drug-likeness (QED) is 0.535. The van der Waals surface area contributed by atoms with Gasteiger partial charge in [0.05, 0.1) is 19.3 Å². The lowest BCUT2D eigenvalue weighted by molar-refractivity contribution is -0.193. The first-order chi connectivity index (χ1) is 16.8. The number of aromatic nitrogens is 1. The number of fused-ring (bicyclic) bond motifs is 1. The number of carboxylic acids is 2. The maximum atomic E-state index is 10.6. The molecular formula is C20H28F6N4O5S. The van der Waals surface area contributed by atoms with Gasteiger partial charge in [0.2, 0.25) is 0 Å². The van der Waals surface area contributed by atoms with E-state index in [0.29, 0.717) is 12.1 Å². The van der Waals surface area contributed by atoms with Gasteiger partial charge in [0.15, 0.2) is 0 Å². The smallest absolute Gasteiger partial charge is 0.475 e. The number of carboxylic acid groups (broad SMARTS) is 2. The highest BCUT2D eigenvalue weighted by Crippen LogP contribution is 2.25. The van der Waals surface area contributed by atoms with E-state index >= 15 is 0 Å². The molecule has 2 atom stereocenters. The third kappa shape index (κ3) is 10.2. The summed E-state index contributed by atoms with van der Waals surface area (Å²) in [5, 5.41) is 17.5. The molecule has 0 aliphatic carbocycles. The number of aliphatic carboxylic acids is 2. The minimum absolute atomic E-state index is 0.396. The van der Waals surface area contributed by atoms with Gasteiger partial charge in [-0.15, -0.1) is 11.3 Å². The van der Waals surface area contributed by atoms with Crippen molar-refractivity contribution in [3.05, 3.63) is 16.6 Å². The lowest BCUT2D eigenvalue weighted by Crippen LogP contribution is -2.52. The van der Waals surface area contributed by atoms with E-state index in [9.17, 15) is 26.3 Å². The number of thiazole rings is 1. The number of hydrogen-bond acceptors (Lipinski definition) is 8. The van der Waals surface area contributed by atoms with Crippen molar-refractivity contribution in [3.63, 3.8) is 0 Å². The van der Waals surface area contributed by atoms with E-state index < -0.39 is 24.3 Å². The van der Waals surface area contributed by atoms with Crippen LogP contribution in [0.2, 0.25) is 0 Å². The summed E-state index contributed by atoms with van der Waals surface area (Å²) in [5.41, 5.74) is 0. The molecule has 0 unspecified atom stereocenters. The van der Waals surface area contributed by atoms with Gasteiger partial charge in [0.25, 0.3) is 0 Å². The Morgan fingerprint density at radius 3 is 2.06 bits per heavy atom. The summed E-state index contributed by atoms with van der Waals surface area (Å²) < 4.78 is 69.5. The third-order valence-electron chi connectivity index (χ3n) is 5.72. The summed E-state index contributed by atoms with van der Waals surface area (Å²) >= 11 is 1.76. The SMILES string of the molecule is O=C(O)C(F)(F)F.O=C(O)C(F)(F)F.c1csc(CN2C[C@@H]3OCCN(CCN4CCCC4)[C@@H]3C2)n1.